The molecule has 2 aliphatic rings. The van der Waals surface area contributed by atoms with Crippen LogP contribution in [-0.2, 0) is 21.8 Å². The highest BCUT2D eigenvalue weighted by Crippen LogP contribution is 2.45. The monoisotopic (exact) mass is 577 g/mol. The van der Waals surface area contributed by atoms with Crippen LogP contribution in [0.5, 0.6) is 5.75 Å². The second kappa shape index (κ2) is 10.5. The molecule has 1 saturated heterocycles. The summed E-state index contributed by atoms with van der Waals surface area (Å²) in [6, 6.07) is 15.8. The Bertz CT molecular complexity index is 1690. The zero-order chi connectivity index (χ0) is 28.0. The van der Waals surface area contributed by atoms with Crippen LogP contribution in [0.1, 0.15) is 35.2 Å². The fraction of sp³-hybridized carbons (Fsp3) is 0.172. The summed E-state index contributed by atoms with van der Waals surface area (Å²) in [7, 11) is 0. The molecule has 40 heavy (non-hydrogen) atoms. The first kappa shape index (κ1) is 26.1. The molecule has 0 radical (unpaired) electrons. The zero-order valence-electron chi connectivity index (χ0n) is 21.0. The van der Waals surface area contributed by atoms with E-state index in [4.69, 9.17) is 4.74 Å². The Morgan fingerprint density at radius 3 is 2.60 bits per heavy atom. The summed E-state index contributed by atoms with van der Waals surface area (Å²) >= 11 is 2.24. The first-order valence-corrected chi connectivity index (χ1v) is 14.2. The number of amides is 1. The maximum Gasteiger partial charge on any atom is 0.301 e. The van der Waals surface area contributed by atoms with E-state index in [0.717, 1.165) is 21.8 Å². The van der Waals surface area contributed by atoms with Crippen LogP contribution >= 0.6 is 23.1 Å². The molecule has 3 aromatic carbocycles. The van der Waals surface area contributed by atoms with Crippen molar-refractivity contribution in [2.24, 2.45) is 0 Å². The summed E-state index contributed by atoms with van der Waals surface area (Å²) in [5, 5.41) is 19.7. The van der Waals surface area contributed by atoms with E-state index in [-0.39, 0.29) is 33.9 Å². The van der Waals surface area contributed by atoms with Crippen molar-refractivity contribution in [1.82, 2.24) is 10.2 Å². The normalized spacial score (nSPS) is 19.6. The second-order valence-electron chi connectivity index (χ2n) is 9.38. The van der Waals surface area contributed by atoms with Gasteiger partial charge in [0.05, 0.1) is 5.57 Å². The van der Waals surface area contributed by atoms with Crippen LogP contribution < -0.4 is 9.64 Å². The summed E-state index contributed by atoms with van der Waals surface area (Å²) in [5.41, 5.74) is 1.42. The highest BCUT2D eigenvalue weighted by molar-refractivity contribution is 8.00. The predicted molar refractivity (Wildman–Crippen MR) is 147 cm³/mol. The number of carbonyl (C=O) groups is 2. The molecule has 7 nitrogen and oxygen atoms in total. The lowest BCUT2D eigenvalue weighted by Crippen LogP contribution is -2.29. The molecule has 0 saturated carbocycles. The number of hydrogen-bond acceptors (Lipinski definition) is 8. The van der Waals surface area contributed by atoms with E-state index in [1.165, 1.54) is 36.0 Å². The van der Waals surface area contributed by atoms with Gasteiger partial charge < -0.3 is 9.84 Å². The van der Waals surface area contributed by atoms with Crippen molar-refractivity contribution in [3.63, 3.8) is 0 Å². The lowest BCUT2D eigenvalue weighted by Gasteiger charge is -2.22. The summed E-state index contributed by atoms with van der Waals surface area (Å²) in [6.45, 7) is 1.92. The quantitative estimate of drug-likeness (QED) is 0.0980. The largest absolute Gasteiger partial charge is 0.507 e. The predicted octanol–water partition coefficient (Wildman–Crippen LogP) is 6.06. The number of aliphatic hydroxyl groups excluding tert-OH is 1. The van der Waals surface area contributed by atoms with Crippen molar-refractivity contribution >= 4 is 45.7 Å². The van der Waals surface area contributed by atoms with E-state index in [0.29, 0.717) is 27.6 Å². The number of aliphatic hydroxyl groups is 1. The van der Waals surface area contributed by atoms with Crippen molar-refractivity contribution in [2.45, 2.75) is 35.6 Å². The number of nitrogens with zero attached hydrogens (tertiary/aromatic N) is 3. The Balaban J connectivity index is 1.40. The van der Waals surface area contributed by atoms with Gasteiger partial charge in [-0.15, -0.1) is 10.2 Å². The van der Waals surface area contributed by atoms with Gasteiger partial charge in [0.1, 0.15) is 35.3 Å². The van der Waals surface area contributed by atoms with Gasteiger partial charge in [0.25, 0.3) is 5.78 Å². The molecule has 0 spiro atoms. The third kappa shape index (κ3) is 4.65. The maximum absolute atomic E-state index is 15.2. The first-order valence-electron chi connectivity index (χ1n) is 12.4. The van der Waals surface area contributed by atoms with E-state index in [1.807, 2.05) is 6.92 Å². The molecule has 0 aliphatic carbocycles. The van der Waals surface area contributed by atoms with Gasteiger partial charge in [-0.3, -0.25) is 14.5 Å². The summed E-state index contributed by atoms with van der Waals surface area (Å²) in [5.74, 6) is -2.39. The van der Waals surface area contributed by atoms with Gasteiger partial charge in [-0.1, -0.05) is 59.5 Å². The highest BCUT2D eigenvalue weighted by atomic mass is 32.2. The average molecular weight is 578 g/mol. The average Bonchev–Trinajstić information content (AvgIpc) is 3.63. The van der Waals surface area contributed by atoms with Crippen LogP contribution in [0.25, 0.3) is 5.76 Å². The Morgan fingerprint density at radius 1 is 1.07 bits per heavy atom. The highest BCUT2D eigenvalue weighted by Gasteiger charge is 2.49. The smallest absolute Gasteiger partial charge is 0.301 e. The molecule has 6 rings (SSSR count). The minimum Gasteiger partial charge on any atom is -0.507 e. The third-order valence-corrected chi connectivity index (χ3v) is 8.83. The molecule has 2 unspecified atom stereocenters. The van der Waals surface area contributed by atoms with E-state index in [2.05, 4.69) is 10.2 Å². The number of rotatable bonds is 6. The Hall–Kier alpha value is -4.09. The number of halogens is 2. The van der Waals surface area contributed by atoms with Crippen LogP contribution in [-0.4, -0.2) is 33.1 Å². The molecule has 2 aliphatic heterocycles. The molecule has 1 amide bonds. The lowest BCUT2D eigenvalue weighted by atomic mass is 9.94. The summed E-state index contributed by atoms with van der Waals surface area (Å²) in [4.78, 5) is 27.8. The van der Waals surface area contributed by atoms with Crippen molar-refractivity contribution in [2.75, 3.05) is 4.90 Å². The van der Waals surface area contributed by atoms with Gasteiger partial charge in [0.2, 0.25) is 5.13 Å². The molecular weight excluding hydrogens is 556 g/mol. The van der Waals surface area contributed by atoms with Crippen LogP contribution in [0.15, 0.2) is 76.6 Å². The lowest BCUT2D eigenvalue weighted by molar-refractivity contribution is -0.132. The van der Waals surface area contributed by atoms with Crippen molar-refractivity contribution in [3.8, 4) is 5.75 Å². The molecule has 3 heterocycles. The molecule has 4 aromatic rings. The SMILES string of the molecule is CC1Cc2cc(/C(O)=C3\C(=O)C(=O)N(c4nnc(SCc5ccccc5F)s4)C3c3ccccc3F)ccc2O1. The number of aromatic nitrogens is 2. The molecule has 202 valence electrons. The van der Waals surface area contributed by atoms with Gasteiger partial charge in [0.15, 0.2) is 4.34 Å². The van der Waals surface area contributed by atoms with Crippen molar-refractivity contribution in [3.05, 3.63) is 106 Å². The van der Waals surface area contributed by atoms with Gasteiger partial charge in [0, 0.05) is 23.3 Å². The molecule has 1 N–H and O–H groups in total. The van der Waals surface area contributed by atoms with E-state index < -0.39 is 29.3 Å². The minimum absolute atomic E-state index is 0.0251. The Kier molecular flexibility index (Phi) is 6.85. The Morgan fingerprint density at radius 2 is 1.82 bits per heavy atom. The van der Waals surface area contributed by atoms with Crippen LogP contribution in [0, 0.1) is 11.6 Å². The molecule has 11 heteroatoms. The van der Waals surface area contributed by atoms with Crippen LogP contribution in [0.3, 0.4) is 0 Å². The number of ketones is 1. The number of anilines is 1. The molecule has 0 bridgehead atoms. The van der Waals surface area contributed by atoms with Crippen LogP contribution in [0.2, 0.25) is 0 Å². The number of ether oxygens (including phenoxy) is 1. The molecule has 2 atom stereocenters. The third-order valence-electron chi connectivity index (χ3n) is 6.72. The zero-order valence-corrected chi connectivity index (χ0v) is 22.6. The first-order chi connectivity index (χ1) is 19.3. The number of Topliss-reactive ketones (excluding diaryl/α,β-unsaturated/α-hetero) is 1. The van der Waals surface area contributed by atoms with Crippen molar-refractivity contribution < 1.29 is 28.2 Å². The fourth-order valence-electron chi connectivity index (χ4n) is 4.86. The molecular formula is C29H21F2N3O4S2. The minimum atomic E-state index is -1.28. The van der Waals surface area contributed by atoms with Gasteiger partial charge in [-0.2, -0.15) is 0 Å². The maximum atomic E-state index is 15.2. The van der Waals surface area contributed by atoms with Crippen molar-refractivity contribution in [1.29, 1.82) is 0 Å². The van der Waals surface area contributed by atoms with Gasteiger partial charge in [-0.25, -0.2) is 8.78 Å². The van der Waals surface area contributed by atoms with E-state index >= 15 is 4.39 Å². The summed E-state index contributed by atoms with van der Waals surface area (Å²) < 4.78 is 35.4. The van der Waals surface area contributed by atoms with Crippen LogP contribution in [0.4, 0.5) is 13.9 Å². The molecule has 1 aromatic heterocycles. The summed E-state index contributed by atoms with van der Waals surface area (Å²) in [6.07, 6.45) is 0.596. The van der Waals surface area contributed by atoms with E-state index in [9.17, 15) is 19.1 Å². The number of fused-ring (bicyclic) bond motifs is 1. The topological polar surface area (TPSA) is 92.6 Å². The number of thioether (sulfide) groups is 1. The number of benzene rings is 3. The van der Waals surface area contributed by atoms with Gasteiger partial charge >= 0.3 is 5.91 Å². The second-order valence-corrected chi connectivity index (χ2v) is 11.6. The standard InChI is InChI=1S/C29H21F2N3O4S2/c1-15-12-18-13-16(10-11-22(18)38-15)25(35)23-24(19-7-3-5-9-21(19)31)34(27(37)26(23)36)28-32-33-29(40-28)39-14-17-6-2-4-8-20(17)30/h2-11,13,15,24,35H,12,14H2,1H3/b25-23+. The number of carbonyl (C=O) groups excluding carboxylic acids is 2. The number of hydrogen-bond donors (Lipinski definition) is 1. The Labute approximate surface area is 236 Å². The van der Waals surface area contributed by atoms with E-state index in [1.54, 1.807) is 42.5 Å². The van der Waals surface area contributed by atoms with Gasteiger partial charge in [-0.05, 0) is 48.4 Å². The molecule has 1 fully saturated rings. The fourth-order valence-corrected chi connectivity index (χ4v) is 6.71.